The summed E-state index contributed by atoms with van der Waals surface area (Å²) in [5, 5.41) is -0.206. The highest BCUT2D eigenvalue weighted by molar-refractivity contribution is 6.63. The van der Waals surface area contributed by atoms with Gasteiger partial charge >= 0.3 is 0 Å². The number of halogens is 1. The lowest BCUT2D eigenvalue weighted by atomic mass is 10.00. The highest BCUT2D eigenvalue weighted by Gasteiger charge is 2.07. The summed E-state index contributed by atoms with van der Waals surface area (Å²) in [5.74, 6) is 0.884. The molecule has 0 aliphatic heterocycles. The van der Waals surface area contributed by atoms with E-state index < -0.39 is 0 Å². The van der Waals surface area contributed by atoms with Crippen molar-refractivity contribution in [1.29, 1.82) is 0 Å². The molecule has 1 atom stereocenters. The predicted molar refractivity (Wildman–Crippen MR) is 88.0 cm³/mol. The van der Waals surface area contributed by atoms with Crippen LogP contribution in [0.25, 0.3) is 0 Å². The molecule has 0 saturated heterocycles. The van der Waals surface area contributed by atoms with Crippen LogP contribution in [0.15, 0.2) is 24.3 Å². The van der Waals surface area contributed by atoms with Crippen LogP contribution in [-0.2, 0) is 4.79 Å². The van der Waals surface area contributed by atoms with Crippen LogP contribution in [0.1, 0.15) is 77.0 Å². The molecule has 1 rings (SSSR count). The number of hydrogen-bond acceptors (Lipinski definition) is 1. The molecule has 0 aromatic rings. The number of rotatable bonds is 12. The van der Waals surface area contributed by atoms with E-state index in [9.17, 15) is 4.79 Å². The van der Waals surface area contributed by atoms with E-state index in [1.807, 2.05) is 0 Å². The molecule has 1 nitrogen and oxygen atoms in total. The highest BCUT2D eigenvalue weighted by Crippen LogP contribution is 2.23. The van der Waals surface area contributed by atoms with Crippen LogP contribution in [-0.4, -0.2) is 5.24 Å². The van der Waals surface area contributed by atoms with Crippen LogP contribution in [0.3, 0.4) is 0 Å². The van der Waals surface area contributed by atoms with E-state index in [-0.39, 0.29) is 5.24 Å². The third kappa shape index (κ3) is 10.3. The van der Waals surface area contributed by atoms with E-state index in [0.717, 1.165) is 25.2 Å². The number of unbranched alkanes of at least 4 members (excludes halogenated alkanes) is 6. The molecule has 0 amide bonds. The molecule has 0 N–H and O–H groups in total. The van der Waals surface area contributed by atoms with Crippen molar-refractivity contribution in [1.82, 2.24) is 0 Å². The summed E-state index contributed by atoms with van der Waals surface area (Å²) in [5.41, 5.74) is 0. The molecule has 0 aromatic heterocycles. The predicted octanol–water partition coefficient (Wildman–Crippen LogP) is 6.18. The van der Waals surface area contributed by atoms with Crippen molar-refractivity contribution in [3.63, 3.8) is 0 Å². The van der Waals surface area contributed by atoms with Crippen molar-refractivity contribution in [2.45, 2.75) is 77.0 Å². The first-order valence-electron chi connectivity index (χ1n) is 8.29. The van der Waals surface area contributed by atoms with Gasteiger partial charge in [0, 0.05) is 6.42 Å². The van der Waals surface area contributed by atoms with Crippen LogP contribution < -0.4 is 0 Å². The molecular formula is C18H29ClO. The molecule has 0 bridgehead atoms. The molecule has 1 aliphatic rings. The van der Waals surface area contributed by atoms with Crippen LogP contribution in [0.4, 0.5) is 0 Å². The molecule has 0 aromatic carbocycles. The molecule has 0 saturated carbocycles. The van der Waals surface area contributed by atoms with E-state index in [1.165, 1.54) is 51.4 Å². The lowest BCUT2D eigenvalue weighted by Gasteiger charge is -2.06. The van der Waals surface area contributed by atoms with Crippen LogP contribution >= 0.6 is 11.6 Å². The van der Waals surface area contributed by atoms with E-state index in [4.69, 9.17) is 11.6 Å². The molecule has 2 heteroatoms. The molecule has 0 radical (unpaired) electrons. The van der Waals surface area contributed by atoms with Crippen molar-refractivity contribution >= 4 is 16.8 Å². The number of carbonyl (C=O) groups is 1. The van der Waals surface area contributed by atoms with Gasteiger partial charge in [-0.2, -0.15) is 0 Å². The van der Waals surface area contributed by atoms with Gasteiger partial charge in [0.25, 0.3) is 0 Å². The van der Waals surface area contributed by atoms with E-state index in [0.29, 0.717) is 6.42 Å². The molecule has 114 valence electrons. The molecule has 20 heavy (non-hydrogen) atoms. The summed E-state index contributed by atoms with van der Waals surface area (Å²) in [7, 11) is 0. The van der Waals surface area contributed by atoms with Gasteiger partial charge in [-0.05, 0) is 68.9 Å². The Morgan fingerprint density at radius 3 is 2.40 bits per heavy atom. The van der Waals surface area contributed by atoms with Gasteiger partial charge < -0.3 is 0 Å². The van der Waals surface area contributed by atoms with Crippen molar-refractivity contribution in [3.05, 3.63) is 24.3 Å². The Hall–Kier alpha value is -0.560. The minimum Gasteiger partial charge on any atom is -0.281 e. The summed E-state index contributed by atoms with van der Waals surface area (Å²) in [6, 6.07) is 0. The molecule has 1 aliphatic carbocycles. The van der Waals surface area contributed by atoms with Crippen LogP contribution in [0.2, 0.25) is 0 Å². The van der Waals surface area contributed by atoms with Gasteiger partial charge in [0.1, 0.15) is 0 Å². The van der Waals surface area contributed by atoms with Gasteiger partial charge in [-0.1, -0.05) is 43.6 Å². The zero-order valence-corrected chi connectivity index (χ0v) is 13.4. The van der Waals surface area contributed by atoms with E-state index in [1.54, 1.807) is 0 Å². The van der Waals surface area contributed by atoms with Crippen LogP contribution in [0, 0.1) is 5.92 Å². The Kier molecular flexibility index (Phi) is 10.7. The Morgan fingerprint density at radius 2 is 1.75 bits per heavy atom. The summed E-state index contributed by atoms with van der Waals surface area (Å²) in [4.78, 5) is 10.5. The largest absolute Gasteiger partial charge is 0.281 e. The zero-order chi connectivity index (χ0) is 14.5. The monoisotopic (exact) mass is 296 g/mol. The Morgan fingerprint density at radius 1 is 1.05 bits per heavy atom. The topological polar surface area (TPSA) is 17.1 Å². The summed E-state index contributed by atoms with van der Waals surface area (Å²) in [6.07, 6.45) is 23.6. The second-order valence-electron chi connectivity index (χ2n) is 5.83. The maximum atomic E-state index is 10.5. The van der Waals surface area contributed by atoms with Gasteiger partial charge in [0.2, 0.25) is 5.24 Å². The SMILES string of the molecule is O=C(Cl)CCCCC=CCCCCCC[C@H]1C=CCC1. The average molecular weight is 297 g/mol. The van der Waals surface area contributed by atoms with E-state index >= 15 is 0 Å². The minimum atomic E-state index is -0.206. The second-order valence-corrected chi connectivity index (χ2v) is 6.25. The number of carbonyl (C=O) groups excluding carboxylic acids is 1. The van der Waals surface area contributed by atoms with Gasteiger partial charge in [0.15, 0.2) is 0 Å². The maximum Gasteiger partial charge on any atom is 0.221 e. The summed E-state index contributed by atoms with van der Waals surface area (Å²) in [6.45, 7) is 0. The first-order chi connectivity index (χ1) is 9.79. The molecule has 0 unspecified atom stereocenters. The third-order valence-corrected chi connectivity index (χ3v) is 4.16. The van der Waals surface area contributed by atoms with Gasteiger partial charge in [-0.15, -0.1) is 0 Å². The molecule has 0 fully saturated rings. The van der Waals surface area contributed by atoms with Gasteiger partial charge in [-0.3, -0.25) is 4.79 Å². The Labute approximate surface area is 129 Å². The lowest BCUT2D eigenvalue weighted by Crippen LogP contribution is -1.91. The first kappa shape index (κ1) is 17.5. The highest BCUT2D eigenvalue weighted by atomic mass is 35.5. The average Bonchev–Trinajstić information content (AvgIpc) is 2.93. The Balaban J connectivity index is 1.77. The third-order valence-electron chi connectivity index (χ3n) is 3.97. The second kappa shape index (κ2) is 12.2. The summed E-state index contributed by atoms with van der Waals surface area (Å²) < 4.78 is 0. The number of allylic oxidation sites excluding steroid dienone is 4. The minimum absolute atomic E-state index is 0.206. The van der Waals surface area contributed by atoms with Crippen LogP contribution in [0.5, 0.6) is 0 Å². The fraction of sp³-hybridized carbons (Fsp3) is 0.722. The normalized spacial score (nSPS) is 18.1. The Bertz CT molecular complexity index is 307. The molecular weight excluding hydrogens is 268 g/mol. The van der Waals surface area contributed by atoms with E-state index in [2.05, 4.69) is 24.3 Å². The van der Waals surface area contributed by atoms with Gasteiger partial charge in [0.05, 0.1) is 0 Å². The molecule has 0 heterocycles. The smallest absolute Gasteiger partial charge is 0.221 e. The van der Waals surface area contributed by atoms with Crippen molar-refractivity contribution in [2.75, 3.05) is 0 Å². The van der Waals surface area contributed by atoms with Crippen molar-refractivity contribution in [2.24, 2.45) is 5.92 Å². The zero-order valence-electron chi connectivity index (χ0n) is 12.7. The maximum absolute atomic E-state index is 10.5. The lowest BCUT2D eigenvalue weighted by molar-refractivity contribution is -0.111. The number of hydrogen-bond donors (Lipinski definition) is 0. The van der Waals surface area contributed by atoms with Gasteiger partial charge in [-0.25, -0.2) is 0 Å². The fourth-order valence-electron chi connectivity index (χ4n) is 2.72. The molecule has 0 spiro atoms. The van der Waals surface area contributed by atoms with Crippen molar-refractivity contribution < 1.29 is 4.79 Å². The standard InChI is InChI=1S/C18H29ClO/c19-18(20)16-10-8-6-4-2-1-3-5-7-9-13-17-14-11-12-15-17/h2,4,11,14,17H,1,3,5-10,12-13,15-16H2/t17-/m0/s1. The summed E-state index contributed by atoms with van der Waals surface area (Å²) >= 11 is 5.28. The fourth-order valence-corrected chi connectivity index (χ4v) is 2.85. The quantitative estimate of drug-likeness (QED) is 0.239. The van der Waals surface area contributed by atoms with Crippen molar-refractivity contribution in [3.8, 4) is 0 Å². The first-order valence-corrected chi connectivity index (χ1v) is 8.67.